The number of hydrogen-bond donors (Lipinski definition) is 2. The summed E-state index contributed by atoms with van der Waals surface area (Å²) in [6.07, 6.45) is 1.44. The van der Waals surface area contributed by atoms with Crippen molar-refractivity contribution >= 4 is 22.8 Å². The van der Waals surface area contributed by atoms with Gasteiger partial charge in [0.2, 0.25) is 5.91 Å². The van der Waals surface area contributed by atoms with Crippen LogP contribution in [0.4, 0.5) is 5.82 Å². The number of amides is 1. The van der Waals surface area contributed by atoms with Crippen LogP contribution in [0.3, 0.4) is 0 Å². The zero-order valence-electron chi connectivity index (χ0n) is 19.4. The van der Waals surface area contributed by atoms with Gasteiger partial charge in [0.15, 0.2) is 5.65 Å². The third-order valence-electron chi connectivity index (χ3n) is 5.94. The van der Waals surface area contributed by atoms with E-state index in [2.05, 4.69) is 15.3 Å². The Morgan fingerprint density at radius 1 is 1.09 bits per heavy atom. The minimum atomic E-state index is 0.0177. The predicted molar refractivity (Wildman–Crippen MR) is 132 cm³/mol. The summed E-state index contributed by atoms with van der Waals surface area (Å²) < 4.78 is 12.8. The Labute approximate surface area is 202 Å². The van der Waals surface area contributed by atoms with E-state index >= 15 is 0 Å². The smallest absolute Gasteiger partial charge is 0.236 e. The molecule has 0 atom stereocenters. The fourth-order valence-electron chi connectivity index (χ4n) is 4.05. The molecule has 10 heteroatoms. The number of para-hydroxylation sites is 1. The van der Waals surface area contributed by atoms with Crippen molar-refractivity contribution in [1.29, 1.82) is 0 Å². The van der Waals surface area contributed by atoms with Crippen molar-refractivity contribution < 1.29 is 14.3 Å². The van der Waals surface area contributed by atoms with E-state index in [1.807, 2.05) is 59.3 Å². The maximum atomic E-state index is 12.4. The van der Waals surface area contributed by atoms with E-state index in [1.165, 1.54) is 6.33 Å². The lowest BCUT2D eigenvalue weighted by Crippen LogP contribution is -2.53. The first-order valence-electron chi connectivity index (χ1n) is 11.4. The average Bonchev–Trinajstić information content (AvgIpc) is 3.23. The molecule has 1 fully saturated rings. The van der Waals surface area contributed by atoms with Gasteiger partial charge in [-0.05, 0) is 36.4 Å². The van der Waals surface area contributed by atoms with Crippen LogP contribution >= 0.6 is 0 Å². The van der Waals surface area contributed by atoms with Crippen LogP contribution in [-0.4, -0.2) is 70.5 Å². The van der Waals surface area contributed by atoms with E-state index in [1.54, 1.807) is 12.0 Å². The van der Waals surface area contributed by atoms with Gasteiger partial charge in [-0.25, -0.2) is 14.6 Å². The second kappa shape index (κ2) is 10.1. The normalized spacial score (nSPS) is 13.7. The highest BCUT2D eigenvalue weighted by atomic mass is 16.5. The molecular weight excluding hydrogens is 446 g/mol. The van der Waals surface area contributed by atoms with Crippen LogP contribution < -0.4 is 15.8 Å². The highest BCUT2D eigenvalue weighted by Gasteiger charge is 2.34. The first-order valence-corrected chi connectivity index (χ1v) is 11.4. The molecule has 0 aliphatic carbocycles. The number of anilines is 1. The number of hydrogen-bond acceptors (Lipinski definition) is 8. The molecule has 3 heterocycles. The lowest BCUT2D eigenvalue weighted by Gasteiger charge is -2.39. The molecule has 5 rings (SSSR count). The van der Waals surface area contributed by atoms with Crippen molar-refractivity contribution in [3.8, 4) is 22.8 Å². The van der Waals surface area contributed by atoms with Gasteiger partial charge in [-0.15, -0.1) is 0 Å². The van der Waals surface area contributed by atoms with Crippen molar-refractivity contribution in [3.05, 3.63) is 60.9 Å². The van der Waals surface area contributed by atoms with E-state index in [0.29, 0.717) is 48.8 Å². The van der Waals surface area contributed by atoms with Gasteiger partial charge in [-0.1, -0.05) is 18.2 Å². The average molecular weight is 474 g/mol. The number of ether oxygens (including phenoxy) is 2. The lowest BCUT2D eigenvalue weighted by atomic mass is 10.1. The highest BCUT2D eigenvalue weighted by molar-refractivity contribution is 5.98. The van der Waals surface area contributed by atoms with E-state index in [9.17, 15) is 4.79 Å². The third-order valence-corrected chi connectivity index (χ3v) is 5.94. The predicted octanol–water partition coefficient (Wildman–Crippen LogP) is 2.49. The van der Waals surface area contributed by atoms with Gasteiger partial charge >= 0.3 is 0 Å². The number of nitrogens with one attached hydrogen (secondary N) is 1. The summed E-state index contributed by atoms with van der Waals surface area (Å²) in [5, 5.41) is 8.65. The van der Waals surface area contributed by atoms with Gasteiger partial charge in [-0.3, -0.25) is 4.79 Å². The SMILES string of the molecule is COCCNCC(=O)N1CC(n2nc(-c3ccc(Oc4ccccc4)cc3)c3c(N)ncnc32)C1. The minimum Gasteiger partial charge on any atom is -0.457 e. The Balaban J connectivity index is 1.34. The zero-order valence-corrected chi connectivity index (χ0v) is 19.4. The zero-order chi connectivity index (χ0) is 24.2. The number of aromatic nitrogens is 4. The van der Waals surface area contributed by atoms with Crippen molar-refractivity contribution in [2.24, 2.45) is 0 Å². The van der Waals surface area contributed by atoms with Gasteiger partial charge in [0.1, 0.15) is 29.3 Å². The summed E-state index contributed by atoms with van der Waals surface area (Å²) in [5.74, 6) is 1.92. The molecule has 1 aliphatic heterocycles. The van der Waals surface area contributed by atoms with Gasteiger partial charge in [0, 0.05) is 32.3 Å². The van der Waals surface area contributed by atoms with Crippen molar-refractivity contribution in [2.45, 2.75) is 6.04 Å². The Morgan fingerprint density at radius 2 is 1.83 bits per heavy atom. The topological polar surface area (TPSA) is 120 Å². The number of benzene rings is 2. The Morgan fingerprint density at radius 3 is 2.57 bits per heavy atom. The largest absolute Gasteiger partial charge is 0.457 e. The van der Waals surface area contributed by atoms with Gasteiger partial charge in [0.25, 0.3) is 0 Å². The van der Waals surface area contributed by atoms with E-state index in [0.717, 1.165) is 17.1 Å². The van der Waals surface area contributed by atoms with Crippen LogP contribution in [-0.2, 0) is 9.53 Å². The molecule has 0 bridgehead atoms. The van der Waals surface area contributed by atoms with Crippen LogP contribution in [0.2, 0.25) is 0 Å². The maximum absolute atomic E-state index is 12.4. The molecule has 0 radical (unpaired) electrons. The second-order valence-corrected chi connectivity index (χ2v) is 8.31. The van der Waals surface area contributed by atoms with E-state index < -0.39 is 0 Å². The number of carbonyl (C=O) groups excluding carboxylic acids is 1. The molecule has 1 aliphatic rings. The highest BCUT2D eigenvalue weighted by Crippen LogP contribution is 2.34. The first kappa shape index (κ1) is 22.8. The van der Waals surface area contributed by atoms with Crippen molar-refractivity contribution in [1.82, 2.24) is 30.0 Å². The lowest BCUT2D eigenvalue weighted by molar-refractivity contribution is -0.136. The molecule has 2 aromatic carbocycles. The molecule has 4 aromatic rings. The fourth-order valence-corrected chi connectivity index (χ4v) is 4.05. The van der Waals surface area contributed by atoms with E-state index in [4.69, 9.17) is 20.3 Å². The first-order chi connectivity index (χ1) is 17.1. The van der Waals surface area contributed by atoms with Crippen LogP contribution in [0.15, 0.2) is 60.9 Å². The Bertz CT molecular complexity index is 1300. The number of nitrogens with two attached hydrogens (primary N) is 1. The standard InChI is InChI=1S/C25H27N7O3/c1-34-12-11-27-13-21(33)31-14-18(15-31)32-25-22(24(26)28-16-29-25)23(30-32)17-7-9-20(10-8-17)35-19-5-3-2-4-6-19/h2-10,16,18,27H,11-15H2,1H3,(H2,26,28,29). The summed E-state index contributed by atoms with van der Waals surface area (Å²) >= 11 is 0. The summed E-state index contributed by atoms with van der Waals surface area (Å²) in [7, 11) is 1.63. The number of fused-ring (bicyclic) bond motifs is 1. The molecular formula is C25H27N7O3. The van der Waals surface area contributed by atoms with Gasteiger partial charge in [-0.2, -0.15) is 5.10 Å². The summed E-state index contributed by atoms with van der Waals surface area (Å²) in [4.78, 5) is 22.9. The number of methoxy groups -OCH3 is 1. The monoisotopic (exact) mass is 473 g/mol. The van der Waals surface area contributed by atoms with E-state index in [-0.39, 0.29) is 18.5 Å². The van der Waals surface area contributed by atoms with Crippen LogP contribution in [0.25, 0.3) is 22.3 Å². The Hall–Kier alpha value is -4.02. The molecule has 35 heavy (non-hydrogen) atoms. The van der Waals surface area contributed by atoms with Crippen LogP contribution in [0, 0.1) is 0 Å². The molecule has 2 aromatic heterocycles. The molecule has 0 spiro atoms. The molecule has 0 saturated carbocycles. The summed E-state index contributed by atoms with van der Waals surface area (Å²) in [6.45, 7) is 2.62. The maximum Gasteiger partial charge on any atom is 0.236 e. The Kier molecular flexibility index (Phi) is 6.55. The fraction of sp³-hybridized carbons (Fsp3) is 0.280. The van der Waals surface area contributed by atoms with Crippen LogP contribution in [0.5, 0.6) is 11.5 Å². The summed E-state index contributed by atoms with van der Waals surface area (Å²) in [5.41, 5.74) is 8.49. The number of rotatable bonds is 9. The quantitative estimate of drug-likeness (QED) is 0.356. The number of nitrogens with zero attached hydrogens (tertiary/aromatic N) is 5. The second-order valence-electron chi connectivity index (χ2n) is 8.31. The van der Waals surface area contributed by atoms with Crippen molar-refractivity contribution in [3.63, 3.8) is 0 Å². The molecule has 180 valence electrons. The molecule has 10 nitrogen and oxygen atoms in total. The molecule has 3 N–H and O–H groups in total. The van der Waals surface area contributed by atoms with Gasteiger partial charge < -0.3 is 25.4 Å². The number of carbonyl (C=O) groups is 1. The van der Waals surface area contributed by atoms with Crippen molar-refractivity contribution in [2.75, 3.05) is 45.6 Å². The molecule has 1 amide bonds. The third kappa shape index (κ3) is 4.79. The molecule has 0 unspecified atom stereocenters. The minimum absolute atomic E-state index is 0.0177. The molecule has 1 saturated heterocycles. The number of likely N-dealkylation sites (tertiary alicyclic amines) is 1. The number of nitrogen functional groups attached to an aromatic ring is 1. The van der Waals surface area contributed by atoms with Crippen LogP contribution in [0.1, 0.15) is 6.04 Å². The van der Waals surface area contributed by atoms with Gasteiger partial charge in [0.05, 0.1) is 24.6 Å². The summed E-state index contributed by atoms with van der Waals surface area (Å²) in [6, 6.07) is 17.3.